The number of aryl methyl sites for hydroxylation is 1. The van der Waals surface area contributed by atoms with Gasteiger partial charge in [-0.05, 0) is 18.9 Å². The van der Waals surface area contributed by atoms with Crippen molar-refractivity contribution in [3.63, 3.8) is 0 Å². The fourth-order valence-corrected chi connectivity index (χ4v) is 2.23. The molecule has 2 rings (SSSR count). The fourth-order valence-electron chi connectivity index (χ4n) is 2.23. The monoisotopic (exact) mass is 306 g/mol. The van der Waals surface area contributed by atoms with Gasteiger partial charge < -0.3 is 19.4 Å². The van der Waals surface area contributed by atoms with Crippen LogP contribution in [0.15, 0.2) is 21.3 Å². The van der Waals surface area contributed by atoms with Gasteiger partial charge in [-0.3, -0.25) is 4.79 Å². The highest BCUT2D eigenvalue weighted by Crippen LogP contribution is 2.31. The third kappa shape index (κ3) is 3.21. The molecule has 0 unspecified atom stereocenters. The maximum absolute atomic E-state index is 11.9. The van der Waals surface area contributed by atoms with E-state index in [1.807, 2.05) is 13.8 Å². The van der Waals surface area contributed by atoms with Gasteiger partial charge >= 0.3 is 11.6 Å². The van der Waals surface area contributed by atoms with Gasteiger partial charge in [-0.25, -0.2) is 4.79 Å². The van der Waals surface area contributed by atoms with Gasteiger partial charge in [-0.1, -0.05) is 13.8 Å². The van der Waals surface area contributed by atoms with Gasteiger partial charge in [0.1, 0.15) is 29.3 Å². The number of carbonyl (C=O) groups is 1. The van der Waals surface area contributed by atoms with Crippen LogP contribution in [0.4, 0.5) is 0 Å². The molecule has 6 heteroatoms. The number of aromatic hydroxyl groups is 2. The number of benzene rings is 1. The number of hydrogen-bond acceptors (Lipinski definition) is 6. The second-order valence-electron chi connectivity index (χ2n) is 5.57. The Bertz CT molecular complexity index is 772. The van der Waals surface area contributed by atoms with Crippen molar-refractivity contribution in [2.45, 2.75) is 33.8 Å². The lowest BCUT2D eigenvalue weighted by molar-refractivity contribution is -0.145. The molecule has 1 heterocycles. The summed E-state index contributed by atoms with van der Waals surface area (Å²) in [5.74, 6) is -0.478. The van der Waals surface area contributed by atoms with Gasteiger partial charge in [0.2, 0.25) is 0 Å². The van der Waals surface area contributed by atoms with Crippen LogP contribution in [0.2, 0.25) is 0 Å². The first-order valence-corrected chi connectivity index (χ1v) is 6.93. The second-order valence-corrected chi connectivity index (χ2v) is 5.57. The normalized spacial score (nSPS) is 11.1. The maximum atomic E-state index is 11.9. The van der Waals surface area contributed by atoms with Crippen LogP contribution >= 0.6 is 0 Å². The second kappa shape index (κ2) is 6.09. The largest absolute Gasteiger partial charge is 0.508 e. The average molecular weight is 306 g/mol. The number of carbonyl (C=O) groups excluding carboxylic acids is 1. The first kappa shape index (κ1) is 15.9. The van der Waals surface area contributed by atoms with Crippen LogP contribution in [0, 0.1) is 12.8 Å². The number of phenols is 2. The number of rotatable bonds is 4. The molecule has 0 radical (unpaired) electrons. The summed E-state index contributed by atoms with van der Waals surface area (Å²) in [6, 6.07) is 2.40. The smallest absolute Gasteiger partial charge is 0.347 e. The van der Waals surface area contributed by atoms with Crippen molar-refractivity contribution in [2.24, 2.45) is 5.92 Å². The van der Waals surface area contributed by atoms with Crippen molar-refractivity contribution in [3.05, 3.63) is 33.9 Å². The van der Waals surface area contributed by atoms with Crippen LogP contribution in [0.25, 0.3) is 10.8 Å². The molecule has 2 aromatic rings. The zero-order valence-electron chi connectivity index (χ0n) is 12.7. The Morgan fingerprint density at radius 2 is 2.00 bits per heavy atom. The summed E-state index contributed by atoms with van der Waals surface area (Å²) < 4.78 is 10.3. The van der Waals surface area contributed by atoms with Crippen LogP contribution in [0.1, 0.15) is 31.6 Å². The number of phenolic OH excluding ortho intramolecular Hbond substituents is 2. The van der Waals surface area contributed by atoms with Crippen molar-refractivity contribution in [2.75, 3.05) is 0 Å². The van der Waals surface area contributed by atoms with Gasteiger partial charge in [0, 0.05) is 23.4 Å². The van der Waals surface area contributed by atoms with E-state index in [-0.39, 0.29) is 47.6 Å². The molecule has 0 fully saturated rings. The molecule has 2 N–H and O–H groups in total. The van der Waals surface area contributed by atoms with Gasteiger partial charge in [0.05, 0.1) is 0 Å². The molecule has 118 valence electrons. The highest BCUT2D eigenvalue weighted by molar-refractivity contribution is 5.91. The molecule has 0 aliphatic heterocycles. The number of fused-ring (bicyclic) bond motifs is 1. The molecule has 1 aromatic carbocycles. The third-order valence-corrected chi connectivity index (χ3v) is 3.25. The lowest BCUT2D eigenvalue weighted by Crippen LogP contribution is -2.11. The van der Waals surface area contributed by atoms with E-state index in [1.54, 1.807) is 6.92 Å². The van der Waals surface area contributed by atoms with E-state index < -0.39 is 5.63 Å². The number of ether oxygens (including phenoxy) is 1. The molecule has 1 aromatic heterocycles. The minimum Gasteiger partial charge on any atom is -0.508 e. The highest BCUT2D eigenvalue weighted by Gasteiger charge is 2.17. The van der Waals surface area contributed by atoms with E-state index in [9.17, 15) is 19.8 Å². The first-order chi connectivity index (χ1) is 10.3. The van der Waals surface area contributed by atoms with E-state index in [0.29, 0.717) is 10.9 Å². The Morgan fingerprint density at radius 3 is 2.64 bits per heavy atom. The minimum absolute atomic E-state index is 0.0432. The molecule has 0 atom stereocenters. The Kier molecular flexibility index (Phi) is 4.40. The molecule has 0 saturated carbocycles. The fraction of sp³-hybridized carbons (Fsp3) is 0.375. The van der Waals surface area contributed by atoms with Crippen LogP contribution < -0.4 is 5.63 Å². The quantitative estimate of drug-likeness (QED) is 0.843. The SMILES string of the molecule is Cc1oc(=O)c2c(O)cc(O)cc2c1COC(=O)CC(C)C. The van der Waals surface area contributed by atoms with E-state index in [2.05, 4.69) is 0 Å². The Balaban J connectivity index is 2.45. The van der Waals surface area contributed by atoms with Gasteiger partial charge in [-0.2, -0.15) is 0 Å². The molecular weight excluding hydrogens is 288 g/mol. The van der Waals surface area contributed by atoms with E-state index in [4.69, 9.17) is 9.15 Å². The molecule has 0 spiro atoms. The first-order valence-electron chi connectivity index (χ1n) is 6.93. The summed E-state index contributed by atoms with van der Waals surface area (Å²) in [5.41, 5.74) is -0.264. The minimum atomic E-state index is -0.706. The zero-order chi connectivity index (χ0) is 16.4. The summed E-state index contributed by atoms with van der Waals surface area (Å²) >= 11 is 0. The average Bonchev–Trinajstić information content (AvgIpc) is 2.35. The van der Waals surface area contributed by atoms with Crippen molar-refractivity contribution in [1.82, 2.24) is 0 Å². The third-order valence-electron chi connectivity index (χ3n) is 3.25. The van der Waals surface area contributed by atoms with Gasteiger partial charge in [0.15, 0.2) is 0 Å². The Morgan fingerprint density at radius 1 is 1.32 bits per heavy atom. The summed E-state index contributed by atoms with van der Waals surface area (Å²) in [6.07, 6.45) is 0.282. The molecule has 0 aliphatic rings. The van der Waals surface area contributed by atoms with Crippen LogP contribution in [-0.4, -0.2) is 16.2 Å². The van der Waals surface area contributed by atoms with Crippen LogP contribution in [-0.2, 0) is 16.1 Å². The van der Waals surface area contributed by atoms with Crippen molar-refractivity contribution in [3.8, 4) is 11.5 Å². The van der Waals surface area contributed by atoms with Crippen molar-refractivity contribution in [1.29, 1.82) is 0 Å². The molecule has 0 saturated heterocycles. The van der Waals surface area contributed by atoms with E-state index in [0.717, 1.165) is 6.07 Å². The maximum Gasteiger partial charge on any atom is 0.347 e. The summed E-state index contributed by atoms with van der Waals surface area (Å²) in [6.45, 7) is 5.27. The van der Waals surface area contributed by atoms with E-state index >= 15 is 0 Å². The lowest BCUT2D eigenvalue weighted by atomic mass is 10.1. The summed E-state index contributed by atoms with van der Waals surface area (Å²) in [4.78, 5) is 23.5. The summed E-state index contributed by atoms with van der Waals surface area (Å²) in [5, 5.41) is 19.7. The lowest BCUT2D eigenvalue weighted by Gasteiger charge is -2.11. The van der Waals surface area contributed by atoms with Crippen LogP contribution in [0.5, 0.6) is 11.5 Å². The standard InChI is InChI=1S/C16H18O6/c1-8(2)4-14(19)21-7-12-9(3)22-16(20)15-11(12)5-10(17)6-13(15)18/h5-6,8,17-18H,4,7H2,1-3H3. The highest BCUT2D eigenvalue weighted by atomic mass is 16.5. The molecule has 0 bridgehead atoms. The Labute approximate surface area is 126 Å². The van der Waals surface area contributed by atoms with Gasteiger partial charge in [0.25, 0.3) is 0 Å². The zero-order valence-corrected chi connectivity index (χ0v) is 12.7. The number of hydrogen-bond donors (Lipinski definition) is 2. The van der Waals surface area contributed by atoms with Crippen molar-refractivity contribution < 1.29 is 24.2 Å². The molecule has 0 amide bonds. The predicted molar refractivity (Wildman–Crippen MR) is 79.8 cm³/mol. The van der Waals surface area contributed by atoms with E-state index in [1.165, 1.54) is 6.07 Å². The van der Waals surface area contributed by atoms with Crippen LogP contribution in [0.3, 0.4) is 0 Å². The summed E-state index contributed by atoms with van der Waals surface area (Å²) in [7, 11) is 0. The Hall–Kier alpha value is -2.50. The predicted octanol–water partition coefficient (Wildman–Crippen LogP) is 2.60. The molecular formula is C16H18O6. The van der Waals surface area contributed by atoms with Crippen molar-refractivity contribution >= 4 is 16.7 Å². The number of esters is 1. The topological polar surface area (TPSA) is 97.0 Å². The molecule has 0 aliphatic carbocycles. The molecule has 6 nitrogen and oxygen atoms in total. The van der Waals surface area contributed by atoms with Gasteiger partial charge in [-0.15, -0.1) is 0 Å². The molecule has 22 heavy (non-hydrogen) atoms.